The highest BCUT2D eigenvalue weighted by molar-refractivity contribution is 7.93. The number of fused-ring (bicyclic) bond motifs is 1. The first-order valence-electron chi connectivity index (χ1n) is 6.29. The number of hydrogen-bond acceptors (Lipinski definition) is 3. The van der Waals surface area contributed by atoms with Crippen molar-refractivity contribution in [3.63, 3.8) is 0 Å². The van der Waals surface area contributed by atoms with E-state index < -0.39 is 10.0 Å². The van der Waals surface area contributed by atoms with Crippen LogP contribution in [0.25, 0.3) is 10.9 Å². The van der Waals surface area contributed by atoms with Gasteiger partial charge in [-0.3, -0.25) is 9.71 Å². The van der Waals surface area contributed by atoms with Gasteiger partial charge in [0.15, 0.2) is 0 Å². The van der Waals surface area contributed by atoms with Crippen molar-refractivity contribution in [1.29, 1.82) is 0 Å². The zero-order valence-electron chi connectivity index (χ0n) is 11.1. The maximum absolute atomic E-state index is 12.6. The molecule has 7 heteroatoms. The van der Waals surface area contributed by atoms with E-state index in [0.29, 0.717) is 10.5 Å². The standard InChI is InChI=1S/C15H10Cl2N2O2S/c16-11-6-7-12(17)13(9-11)19-22(20,21)14-5-1-3-10-4-2-8-18-15(10)14/h1-9,19H. The van der Waals surface area contributed by atoms with Gasteiger partial charge in [0.25, 0.3) is 10.0 Å². The Hall–Kier alpha value is -1.82. The summed E-state index contributed by atoms with van der Waals surface area (Å²) in [5.74, 6) is 0. The highest BCUT2D eigenvalue weighted by Gasteiger charge is 2.19. The van der Waals surface area contributed by atoms with Crippen molar-refractivity contribution in [2.75, 3.05) is 4.72 Å². The molecule has 22 heavy (non-hydrogen) atoms. The van der Waals surface area contributed by atoms with Crippen LogP contribution < -0.4 is 4.72 Å². The monoisotopic (exact) mass is 352 g/mol. The van der Waals surface area contributed by atoms with Crippen molar-refractivity contribution in [3.8, 4) is 0 Å². The van der Waals surface area contributed by atoms with Crippen LogP contribution in [0.4, 0.5) is 5.69 Å². The Labute approximate surface area is 137 Å². The van der Waals surface area contributed by atoms with Crippen molar-refractivity contribution < 1.29 is 8.42 Å². The number of nitrogens with one attached hydrogen (secondary N) is 1. The highest BCUT2D eigenvalue weighted by atomic mass is 35.5. The summed E-state index contributed by atoms with van der Waals surface area (Å²) in [7, 11) is -3.83. The van der Waals surface area contributed by atoms with Crippen LogP contribution in [0.3, 0.4) is 0 Å². The lowest BCUT2D eigenvalue weighted by molar-refractivity contribution is 0.602. The minimum Gasteiger partial charge on any atom is -0.278 e. The van der Waals surface area contributed by atoms with Crippen molar-refractivity contribution in [2.45, 2.75) is 4.90 Å². The van der Waals surface area contributed by atoms with Crippen LogP contribution in [0.15, 0.2) is 59.6 Å². The van der Waals surface area contributed by atoms with Gasteiger partial charge in [0, 0.05) is 16.6 Å². The molecule has 0 saturated carbocycles. The number of para-hydroxylation sites is 1. The molecule has 0 amide bonds. The minimum atomic E-state index is -3.83. The summed E-state index contributed by atoms with van der Waals surface area (Å²) < 4.78 is 27.7. The molecule has 0 atom stereocenters. The second-order valence-electron chi connectivity index (χ2n) is 4.56. The van der Waals surface area contributed by atoms with Crippen LogP contribution in [0.1, 0.15) is 0 Å². The van der Waals surface area contributed by atoms with Crippen molar-refractivity contribution >= 4 is 49.8 Å². The SMILES string of the molecule is O=S(=O)(Nc1cc(Cl)ccc1Cl)c1cccc2cccnc12. The lowest BCUT2D eigenvalue weighted by atomic mass is 10.2. The summed E-state index contributed by atoms with van der Waals surface area (Å²) in [6.07, 6.45) is 1.55. The van der Waals surface area contributed by atoms with Gasteiger partial charge in [-0.05, 0) is 30.3 Å². The zero-order valence-corrected chi connectivity index (χ0v) is 13.5. The van der Waals surface area contributed by atoms with Crippen molar-refractivity contribution in [2.24, 2.45) is 0 Å². The number of rotatable bonds is 3. The molecule has 0 bridgehead atoms. The number of pyridine rings is 1. The van der Waals surface area contributed by atoms with Gasteiger partial charge in [-0.15, -0.1) is 0 Å². The number of benzene rings is 2. The van der Waals surface area contributed by atoms with E-state index in [1.54, 1.807) is 36.5 Å². The van der Waals surface area contributed by atoms with Crippen LogP contribution >= 0.6 is 23.2 Å². The summed E-state index contributed by atoms with van der Waals surface area (Å²) in [4.78, 5) is 4.24. The van der Waals surface area contributed by atoms with Gasteiger partial charge in [0.05, 0.1) is 16.2 Å². The third-order valence-electron chi connectivity index (χ3n) is 3.06. The maximum atomic E-state index is 12.6. The predicted molar refractivity (Wildman–Crippen MR) is 89.0 cm³/mol. The fourth-order valence-corrected chi connectivity index (χ4v) is 3.71. The number of halogens is 2. The molecule has 0 aliphatic rings. The van der Waals surface area contributed by atoms with E-state index in [1.165, 1.54) is 18.2 Å². The smallest absolute Gasteiger partial charge is 0.264 e. The zero-order chi connectivity index (χ0) is 15.7. The van der Waals surface area contributed by atoms with Crippen LogP contribution in [0.2, 0.25) is 10.0 Å². The van der Waals surface area contributed by atoms with E-state index in [4.69, 9.17) is 23.2 Å². The topological polar surface area (TPSA) is 59.1 Å². The third kappa shape index (κ3) is 2.88. The molecule has 2 aromatic carbocycles. The third-order valence-corrected chi connectivity index (χ3v) is 5.02. The van der Waals surface area contributed by atoms with E-state index in [-0.39, 0.29) is 15.6 Å². The number of hydrogen-bond donors (Lipinski definition) is 1. The Bertz CT molecular complexity index is 953. The number of sulfonamides is 1. The van der Waals surface area contributed by atoms with E-state index in [1.807, 2.05) is 0 Å². The predicted octanol–water partition coefficient (Wildman–Crippen LogP) is 4.34. The average molecular weight is 353 g/mol. The largest absolute Gasteiger partial charge is 0.278 e. The summed E-state index contributed by atoms with van der Waals surface area (Å²) in [5.41, 5.74) is 0.623. The fourth-order valence-electron chi connectivity index (χ4n) is 2.07. The van der Waals surface area contributed by atoms with Crippen molar-refractivity contribution in [1.82, 2.24) is 4.98 Å². The summed E-state index contributed by atoms with van der Waals surface area (Å²) in [6, 6.07) is 13.1. The normalized spacial score (nSPS) is 11.5. The Morgan fingerprint density at radius 2 is 1.77 bits per heavy atom. The molecule has 0 fully saturated rings. The molecule has 1 heterocycles. The van der Waals surface area contributed by atoms with Gasteiger partial charge in [-0.25, -0.2) is 8.42 Å². The fraction of sp³-hybridized carbons (Fsp3) is 0. The van der Waals surface area contributed by atoms with Crippen molar-refractivity contribution in [3.05, 3.63) is 64.8 Å². The Morgan fingerprint density at radius 3 is 2.59 bits per heavy atom. The Morgan fingerprint density at radius 1 is 1.00 bits per heavy atom. The van der Waals surface area contributed by atoms with Gasteiger partial charge in [0.1, 0.15) is 4.90 Å². The summed E-state index contributed by atoms with van der Waals surface area (Å²) >= 11 is 11.9. The van der Waals surface area contributed by atoms with Gasteiger partial charge >= 0.3 is 0 Å². The molecule has 112 valence electrons. The average Bonchev–Trinajstić information content (AvgIpc) is 2.50. The molecule has 4 nitrogen and oxygen atoms in total. The second-order valence-corrected chi connectivity index (χ2v) is 7.06. The lowest BCUT2D eigenvalue weighted by Crippen LogP contribution is -2.14. The molecule has 0 radical (unpaired) electrons. The van der Waals surface area contributed by atoms with Gasteiger partial charge < -0.3 is 0 Å². The Kier molecular flexibility index (Phi) is 3.95. The molecular weight excluding hydrogens is 343 g/mol. The number of aromatic nitrogens is 1. The molecule has 3 aromatic rings. The molecule has 3 rings (SSSR count). The molecule has 0 aliphatic heterocycles. The first kappa shape index (κ1) is 15.1. The van der Waals surface area contributed by atoms with Crippen LogP contribution in [0.5, 0.6) is 0 Å². The summed E-state index contributed by atoms with van der Waals surface area (Å²) in [5, 5.41) is 1.39. The maximum Gasteiger partial charge on any atom is 0.264 e. The van der Waals surface area contributed by atoms with Gasteiger partial charge in [-0.2, -0.15) is 0 Å². The quantitative estimate of drug-likeness (QED) is 0.762. The number of anilines is 1. The van der Waals surface area contributed by atoms with E-state index in [2.05, 4.69) is 9.71 Å². The molecule has 1 N–H and O–H groups in total. The van der Waals surface area contributed by atoms with E-state index >= 15 is 0 Å². The summed E-state index contributed by atoms with van der Waals surface area (Å²) in [6.45, 7) is 0. The van der Waals surface area contributed by atoms with Crippen LogP contribution in [0, 0.1) is 0 Å². The van der Waals surface area contributed by atoms with Gasteiger partial charge in [0.2, 0.25) is 0 Å². The molecule has 0 aliphatic carbocycles. The molecule has 0 saturated heterocycles. The van der Waals surface area contributed by atoms with Gasteiger partial charge in [-0.1, -0.05) is 41.4 Å². The van der Waals surface area contributed by atoms with Crippen LogP contribution in [-0.4, -0.2) is 13.4 Å². The van der Waals surface area contributed by atoms with E-state index in [0.717, 1.165) is 5.39 Å². The Balaban J connectivity index is 2.11. The van der Waals surface area contributed by atoms with E-state index in [9.17, 15) is 8.42 Å². The molecular formula is C15H10Cl2N2O2S. The molecule has 0 spiro atoms. The first-order valence-corrected chi connectivity index (χ1v) is 8.53. The molecule has 0 unspecified atom stereocenters. The highest BCUT2D eigenvalue weighted by Crippen LogP contribution is 2.29. The second kappa shape index (κ2) is 5.76. The first-order chi connectivity index (χ1) is 10.5. The van der Waals surface area contributed by atoms with Crippen LogP contribution in [-0.2, 0) is 10.0 Å². The lowest BCUT2D eigenvalue weighted by Gasteiger charge is -2.11. The number of nitrogens with zero attached hydrogens (tertiary/aromatic N) is 1. The molecule has 1 aromatic heterocycles. The minimum absolute atomic E-state index is 0.0849.